The predicted molar refractivity (Wildman–Crippen MR) is 186 cm³/mol. The predicted octanol–water partition coefficient (Wildman–Crippen LogP) is 6.47. The third-order valence-electron chi connectivity index (χ3n) is 9.13. The Morgan fingerprint density at radius 2 is 1.75 bits per heavy atom. The molecule has 48 heavy (non-hydrogen) atoms. The molecule has 0 unspecified atom stereocenters. The topological polar surface area (TPSA) is 122 Å². The fourth-order valence-corrected chi connectivity index (χ4v) is 6.46. The van der Waals surface area contributed by atoms with Gasteiger partial charge in [0, 0.05) is 36.8 Å². The Hall–Kier alpha value is -5.16. The lowest BCUT2D eigenvalue weighted by molar-refractivity contribution is 0.174. The maximum absolute atomic E-state index is 13.4. The van der Waals surface area contributed by atoms with Crippen LogP contribution in [-0.4, -0.2) is 60.3 Å². The van der Waals surface area contributed by atoms with Crippen LogP contribution in [0.4, 0.5) is 16.3 Å². The molecule has 11 nitrogen and oxygen atoms in total. The molecule has 1 aliphatic heterocycles. The van der Waals surface area contributed by atoms with Gasteiger partial charge < -0.3 is 19.7 Å². The number of hydrogen-bond donors (Lipinski definition) is 3. The maximum Gasteiger partial charge on any atom is 0.324 e. The van der Waals surface area contributed by atoms with Gasteiger partial charge in [-0.1, -0.05) is 50.6 Å². The number of nitrogens with zero attached hydrogens (tertiary/aromatic N) is 6. The molecular formula is C37H42N8O3. The minimum Gasteiger partial charge on any atom is -0.507 e. The number of urea groups is 1. The Morgan fingerprint density at radius 1 is 0.958 bits per heavy atom. The number of carbonyl (C=O) groups excluding carboxylic acids is 1. The molecule has 0 saturated heterocycles. The molecule has 0 fully saturated rings. The van der Waals surface area contributed by atoms with Gasteiger partial charge in [0.25, 0.3) is 0 Å². The number of phenols is 1. The third-order valence-corrected chi connectivity index (χ3v) is 9.13. The van der Waals surface area contributed by atoms with Gasteiger partial charge in [0.05, 0.1) is 23.5 Å². The summed E-state index contributed by atoms with van der Waals surface area (Å²) in [7, 11) is 0. The minimum absolute atomic E-state index is 0.177. The van der Waals surface area contributed by atoms with Gasteiger partial charge in [-0.3, -0.25) is 10.2 Å². The number of aromatic hydroxyl groups is 1. The lowest BCUT2D eigenvalue weighted by atomic mass is 9.92. The van der Waals surface area contributed by atoms with E-state index in [0.717, 1.165) is 78.7 Å². The number of phenolic OH excluding ortho intramolecular Hbond substituents is 1. The number of benzene rings is 3. The van der Waals surface area contributed by atoms with Crippen LogP contribution in [0.25, 0.3) is 17.1 Å². The van der Waals surface area contributed by atoms with E-state index in [1.807, 2.05) is 61.5 Å². The first-order valence-electron chi connectivity index (χ1n) is 16.6. The second-order valence-electron chi connectivity index (χ2n) is 13.6. The molecule has 248 valence electrons. The van der Waals surface area contributed by atoms with Gasteiger partial charge in [-0.05, 0) is 73.7 Å². The van der Waals surface area contributed by atoms with Gasteiger partial charge in [0.15, 0.2) is 5.82 Å². The second kappa shape index (κ2) is 12.8. The lowest BCUT2D eigenvalue weighted by Crippen LogP contribution is -2.36. The smallest absolute Gasteiger partial charge is 0.324 e. The van der Waals surface area contributed by atoms with Crippen LogP contribution in [0.3, 0.4) is 0 Å². The largest absolute Gasteiger partial charge is 0.507 e. The SMILES string of the molecule is Cc1ccc(-n2nc(C(C)(C)C)cc2NC(=O)Nc2ccc(OCCN3CCn4c(nnc4-c4ccccc4O)C3)c3c2CCC3)cc1. The first kappa shape index (κ1) is 31.4. The number of anilines is 2. The lowest BCUT2D eigenvalue weighted by Gasteiger charge is -2.27. The normalized spacial score (nSPS) is 14.4. The molecule has 1 aliphatic carbocycles. The Balaban J connectivity index is 0.992. The van der Waals surface area contributed by atoms with Crippen molar-refractivity contribution < 1.29 is 14.6 Å². The van der Waals surface area contributed by atoms with E-state index in [2.05, 4.69) is 51.1 Å². The third kappa shape index (κ3) is 6.37. The average molecular weight is 647 g/mol. The summed E-state index contributed by atoms with van der Waals surface area (Å²) in [6.07, 6.45) is 2.82. The number of rotatable bonds is 8. The van der Waals surface area contributed by atoms with E-state index in [4.69, 9.17) is 9.84 Å². The van der Waals surface area contributed by atoms with Crippen molar-refractivity contribution in [2.45, 2.75) is 65.5 Å². The number of ether oxygens (including phenoxy) is 1. The molecule has 3 heterocycles. The van der Waals surface area contributed by atoms with Crippen LogP contribution >= 0.6 is 0 Å². The molecule has 0 radical (unpaired) electrons. The van der Waals surface area contributed by atoms with Gasteiger partial charge in [-0.2, -0.15) is 5.10 Å². The standard InChI is InChI=1S/C37H42N8O3/c1-24-12-14-25(15-13-24)45-33(22-32(42-45)37(2,3)4)39-36(47)38-29-16-17-31(27-10-7-9-26(27)29)48-21-20-43-18-19-44-34(23-43)40-41-35(44)28-8-5-6-11-30(28)46/h5-6,8,11-17,22,46H,7,9-10,18-21,23H2,1-4H3,(H2,38,39,47). The van der Waals surface area contributed by atoms with Gasteiger partial charge in [0.2, 0.25) is 0 Å². The monoisotopic (exact) mass is 646 g/mol. The Kier molecular flexibility index (Phi) is 8.38. The minimum atomic E-state index is -0.310. The van der Waals surface area contributed by atoms with Crippen LogP contribution in [0.2, 0.25) is 0 Å². The van der Waals surface area contributed by atoms with Crippen molar-refractivity contribution in [2.75, 3.05) is 30.3 Å². The first-order chi connectivity index (χ1) is 23.1. The molecule has 0 spiro atoms. The fraction of sp³-hybridized carbons (Fsp3) is 0.351. The number of aromatic nitrogens is 5. The van der Waals surface area contributed by atoms with Gasteiger partial charge in [0.1, 0.15) is 29.7 Å². The van der Waals surface area contributed by atoms with Gasteiger partial charge >= 0.3 is 6.03 Å². The molecule has 3 aromatic carbocycles. The quantitative estimate of drug-likeness (QED) is 0.177. The summed E-state index contributed by atoms with van der Waals surface area (Å²) in [5, 5.41) is 30.1. The van der Waals surface area contributed by atoms with Gasteiger partial charge in [-0.25, -0.2) is 9.48 Å². The molecule has 0 bridgehead atoms. The summed E-state index contributed by atoms with van der Waals surface area (Å²) < 4.78 is 10.2. The number of para-hydroxylation sites is 1. The fourth-order valence-electron chi connectivity index (χ4n) is 6.46. The van der Waals surface area contributed by atoms with Gasteiger partial charge in [-0.15, -0.1) is 10.2 Å². The summed E-state index contributed by atoms with van der Waals surface area (Å²) >= 11 is 0. The van der Waals surface area contributed by atoms with Crippen LogP contribution in [0.15, 0.2) is 66.7 Å². The van der Waals surface area contributed by atoms with Crippen molar-refractivity contribution in [3.63, 3.8) is 0 Å². The van der Waals surface area contributed by atoms with Crippen LogP contribution in [-0.2, 0) is 31.3 Å². The summed E-state index contributed by atoms with van der Waals surface area (Å²) in [5.74, 6) is 3.28. The number of hydrogen-bond acceptors (Lipinski definition) is 7. The van der Waals surface area contributed by atoms with Crippen LogP contribution in [0, 0.1) is 6.92 Å². The van der Waals surface area contributed by atoms with E-state index in [9.17, 15) is 9.90 Å². The average Bonchev–Trinajstić information content (AvgIpc) is 3.82. The number of nitrogens with one attached hydrogen (secondary N) is 2. The summed E-state index contributed by atoms with van der Waals surface area (Å²) in [4.78, 5) is 15.7. The van der Waals surface area contributed by atoms with E-state index in [1.165, 1.54) is 5.56 Å². The molecule has 2 aromatic heterocycles. The summed E-state index contributed by atoms with van der Waals surface area (Å²) in [6, 6.07) is 20.9. The zero-order chi connectivity index (χ0) is 33.4. The molecule has 2 amide bonds. The zero-order valence-corrected chi connectivity index (χ0v) is 28.0. The highest BCUT2D eigenvalue weighted by Gasteiger charge is 2.25. The number of carbonyl (C=O) groups is 1. The van der Waals surface area contributed by atoms with Crippen molar-refractivity contribution in [1.82, 2.24) is 29.4 Å². The number of aryl methyl sites for hydroxylation is 1. The van der Waals surface area contributed by atoms with Crippen LogP contribution in [0.5, 0.6) is 11.5 Å². The maximum atomic E-state index is 13.4. The van der Waals surface area contributed by atoms with Crippen molar-refractivity contribution in [1.29, 1.82) is 0 Å². The molecule has 7 rings (SSSR count). The first-order valence-corrected chi connectivity index (χ1v) is 16.6. The van der Waals surface area contributed by atoms with E-state index in [-0.39, 0.29) is 17.2 Å². The number of fused-ring (bicyclic) bond motifs is 2. The van der Waals surface area contributed by atoms with E-state index >= 15 is 0 Å². The molecule has 11 heteroatoms. The molecule has 0 atom stereocenters. The van der Waals surface area contributed by atoms with Crippen molar-refractivity contribution in [2.24, 2.45) is 0 Å². The van der Waals surface area contributed by atoms with Crippen molar-refractivity contribution >= 4 is 17.5 Å². The molecule has 3 N–H and O–H groups in total. The van der Waals surface area contributed by atoms with E-state index < -0.39 is 0 Å². The molecule has 2 aliphatic rings. The Labute approximate surface area is 280 Å². The molecule has 0 saturated carbocycles. The van der Waals surface area contributed by atoms with E-state index in [1.54, 1.807) is 16.8 Å². The molecular weight excluding hydrogens is 604 g/mol. The highest BCUT2D eigenvalue weighted by molar-refractivity contribution is 6.00. The number of amides is 2. The van der Waals surface area contributed by atoms with Crippen molar-refractivity contribution in [3.8, 4) is 28.6 Å². The second-order valence-corrected chi connectivity index (χ2v) is 13.6. The summed E-state index contributed by atoms with van der Waals surface area (Å²) in [5.41, 5.74) is 6.56. The summed E-state index contributed by atoms with van der Waals surface area (Å²) in [6.45, 7) is 11.9. The Bertz CT molecular complexity index is 1950. The highest BCUT2D eigenvalue weighted by atomic mass is 16.5. The Morgan fingerprint density at radius 3 is 2.54 bits per heavy atom. The van der Waals surface area contributed by atoms with E-state index in [0.29, 0.717) is 30.4 Å². The van der Waals surface area contributed by atoms with Crippen LogP contribution in [0.1, 0.15) is 55.4 Å². The van der Waals surface area contributed by atoms with Crippen molar-refractivity contribution in [3.05, 3.63) is 94.9 Å². The molecule has 5 aromatic rings. The zero-order valence-electron chi connectivity index (χ0n) is 28.0. The highest BCUT2D eigenvalue weighted by Crippen LogP contribution is 2.36. The van der Waals surface area contributed by atoms with Crippen LogP contribution < -0.4 is 15.4 Å².